The number of carbonyl (C=O) groups excluding carboxylic acids is 1. The molecule has 4 N–H and O–H groups in total. The minimum Gasteiger partial charge on any atom is -0.382 e. The van der Waals surface area contributed by atoms with Crippen LogP contribution in [0.1, 0.15) is 30.3 Å². The second-order valence-corrected chi connectivity index (χ2v) is 8.12. The van der Waals surface area contributed by atoms with Crippen molar-refractivity contribution in [3.05, 3.63) is 30.0 Å². The Bertz CT molecular complexity index is 882. The zero-order chi connectivity index (χ0) is 18.2. The monoisotopic (exact) mass is 364 g/mol. The van der Waals surface area contributed by atoms with Crippen molar-refractivity contribution >= 4 is 21.7 Å². The summed E-state index contributed by atoms with van der Waals surface area (Å²) in [5, 5.41) is 7.41. The number of piperidine rings is 1. The summed E-state index contributed by atoms with van der Waals surface area (Å²) in [5.74, 6) is -0.223. The second-order valence-electron chi connectivity index (χ2n) is 6.18. The predicted molar refractivity (Wildman–Crippen MR) is 91.4 cm³/mol. The first-order chi connectivity index (χ1) is 11.8. The second kappa shape index (κ2) is 6.45. The molecule has 134 valence electrons. The number of sulfonamides is 1. The van der Waals surface area contributed by atoms with Gasteiger partial charge in [-0.15, -0.1) is 5.10 Å². The smallest absolute Gasteiger partial charge is 0.273 e. The first-order valence-electron chi connectivity index (χ1n) is 7.92. The summed E-state index contributed by atoms with van der Waals surface area (Å²) in [7, 11) is -3.52. The lowest BCUT2D eigenvalue weighted by atomic mass is 10.0. The number of hydrogen-bond donors (Lipinski definition) is 2. The maximum absolute atomic E-state index is 12.7. The highest BCUT2D eigenvalue weighted by molar-refractivity contribution is 7.89. The summed E-state index contributed by atoms with van der Waals surface area (Å²) < 4.78 is 28.2. The van der Waals surface area contributed by atoms with Crippen LogP contribution in [0.15, 0.2) is 29.2 Å². The minimum absolute atomic E-state index is 0.00752. The van der Waals surface area contributed by atoms with Gasteiger partial charge in [0.15, 0.2) is 11.5 Å². The lowest BCUT2D eigenvalue weighted by Crippen LogP contribution is -2.37. The van der Waals surface area contributed by atoms with E-state index < -0.39 is 15.9 Å². The molecule has 0 atom stereocenters. The zero-order valence-corrected chi connectivity index (χ0v) is 14.6. The number of carbonyl (C=O) groups is 1. The average molecular weight is 364 g/mol. The maximum Gasteiger partial charge on any atom is 0.273 e. The molecule has 2 heterocycles. The van der Waals surface area contributed by atoms with Crippen molar-refractivity contribution in [1.82, 2.24) is 19.3 Å². The van der Waals surface area contributed by atoms with E-state index in [9.17, 15) is 13.2 Å². The molecular weight excluding hydrogens is 344 g/mol. The summed E-state index contributed by atoms with van der Waals surface area (Å²) in [4.78, 5) is 11.4. The first-order valence-corrected chi connectivity index (χ1v) is 9.36. The quantitative estimate of drug-likeness (QED) is 0.804. The standard InChI is InChI=1S/C15H20N6O3S/c1-10-6-8-20(9-7-10)25(23,24)12-4-2-11(3-5-12)21-14(16)13(15(17)22)18-19-21/h2-5,10H,6-9,16H2,1H3,(H2,17,22). The summed E-state index contributed by atoms with van der Waals surface area (Å²) in [5.41, 5.74) is 11.3. The Kier molecular flexibility index (Phi) is 4.48. The van der Waals surface area contributed by atoms with Gasteiger partial charge >= 0.3 is 0 Å². The molecule has 0 spiro atoms. The van der Waals surface area contributed by atoms with Crippen LogP contribution in [-0.2, 0) is 10.0 Å². The molecule has 0 saturated carbocycles. The van der Waals surface area contributed by atoms with E-state index in [0.29, 0.717) is 24.7 Å². The Hall–Kier alpha value is -2.46. The van der Waals surface area contributed by atoms with Gasteiger partial charge in [0, 0.05) is 13.1 Å². The Labute approximate surface area is 145 Å². The molecule has 1 fully saturated rings. The zero-order valence-electron chi connectivity index (χ0n) is 13.8. The molecule has 1 saturated heterocycles. The van der Waals surface area contributed by atoms with Crippen molar-refractivity contribution in [1.29, 1.82) is 0 Å². The van der Waals surface area contributed by atoms with Gasteiger partial charge in [0.2, 0.25) is 10.0 Å². The Morgan fingerprint density at radius 2 is 1.80 bits per heavy atom. The molecule has 1 aliphatic rings. The third-order valence-electron chi connectivity index (χ3n) is 4.40. The summed E-state index contributed by atoms with van der Waals surface area (Å²) in [6.45, 7) is 3.19. The van der Waals surface area contributed by atoms with Crippen LogP contribution >= 0.6 is 0 Å². The van der Waals surface area contributed by atoms with Gasteiger partial charge in [-0.05, 0) is 43.0 Å². The first kappa shape index (κ1) is 17.4. The number of primary amides is 1. The molecule has 25 heavy (non-hydrogen) atoms. The van der Waals surface area contributed by atoms with Crippen LogP contribution in [0.25, 0.3) is 5.69 Å². The molecule has 0 radical (unpaired) electrons. The van der Waals surface area contributed by atoms with Gasteiger partial charge in [0.25, 0.3) is 5.91 Å². The van der Waals surface area contributed by atoms with Crippen LogP contribution in [0.2, 0.25) is 0 Å². The van der Waals surface area contributed by atoms with E-state index in [2.05, 4.69) is 17.2 Å². The third kappa shape index (κ3) is 3.22. The number of nitrogen functional groups attached to an aromatic ring is 1. The van der Waals surface area contributed by atoms with Gasteiger partial charge < -0.3 is 11.5 Å². The van der Waals surface area contributed by atoms with Crippen LogP contribution < -0.4 is 11.5 Å². The summed E-state index contributed by atoms with van der Waals surface area (Å²) in [6, 6.07) is 6.12. The predicted octanol–water partition coefficient (Wildman–Crippen LogP) is 0.369. The number of aromatic nitrogens is 3. The fourth-order valence-electron chi connectivity index (χ4n) is 2.79. The highest BCUT2D eigenvalue weighted by Gasteiger charge is 2.28. The normalized spacial score (nSPS) is 16.8. The molecule has 2 aromatic rings. The number of anilines is 1. The van der Waals surface area contributed by atoms with E-state index in [4.69, 9.17) is 11.5 Å². The largest absolute Gasteiger partial charge is 0.382 e. The SMILES string of the molecule is CC1CCN(S(=O)(=O)c2ccc(-n3nnc(C(N)=O)c3N)cc2)CC1. The van der Waals surface area contributed by atoms with Crippen LogP contribution in [0.3, 0.4) is 0 Å². The van der Waals surface area contributed by atoms with Crippen molar-refractivity contribution < 1.29 is 13.2 Å². The van der Waals surface area contributed by atoms with Gasteiger partial charge in [0.05, 0.1) is 10.6 Å². The van der Waals surface area contributed by atoms with E-state index in [1.807, 2.05) is 0 Å². The van der Waals surface area contributed by atoms with E-state index in [1.165, 1.54) is 21.1 Å². The number of nitrogens with zero attached hydrogens (tertiary/aromatic N) is 4. The van der Waals surface area contributed by atoms with Crippen LogP contribution in [0.5, 0.6) is 0 Å². The van der Waals surface area contributed by atoms with Gasteiger partial charge in [-0.1, -0.05) is 12.1 Å². The fraction of sp³-hybridized carbons (Fsp3) is 0.400. The summed E-state index contributed by atoms with van der Waals surface area (Å²) in [6.07, 6.45) is 1.73. The number of nitrogens with two attached hydrogens (primary N) is 2. The molecule has 10 heteroatoms. The van der Waals surface area contributed by atoms with Gasteiger partial charge in [0.1, 0.15) is 0 Å². The average Bonchev–Trinajstić information content (AvgIpc) is 2.97. The van der Waals surface area contributed by atoms with Crippen LogP contribution in [0, 0.1) is 5.92 Å². The van der Waals surface area contributed by atoms with E-state index >= 15 is 0 Å². The lowest BCUT2D eigenvalue weighted by Gasteiger charge is -2.29. The van der Waals surface area contributed by atoms with Gasteiger partial charge in [-0.2, -0.15) is 8.99 Å². The molecule has 1 aromatic heterocycles. The van der Waals surface area contributed by atoms with Crippen LogP contribution in [0.4, 0.5) is 5.82 Å². The summed E-state index contributed by atoms with van der Waals surface area (Å²) >= 11 is 0. The van der Waals surface area contributed by atoms with Crippen LogP contribution in [-0.4, -0.2) is 46.7 Å². The molecule has 3 rings (SSSR count). The van der Waals surface area contributed by atoms with Crippen molar-refractivity contribution in [2.24, 2.45) is 11.7 Å². The number of hydrogen-bond acceptors (Lipinski definition) is 6. The molecule has 1 aliphatic heterocycles. The van der Waals surface area contributed by atoms with E-state index in [0.717, 1.165) is 12.8 Å². The van der Waals surface area contributed by atoms with Crippen molar-refractivity contribution in [3.8, 4) is 5.69 Å². The molecule has 0 aliphatic carbocycles. The number of amides is 1. The molecule has 1 amide bonds. The number of rotatable bonds is 4. The highest BCUT2D eigenvalue weighted by atomic mass is 32.2. The topological polar surface area (TPSA) is 137 Å². The number of benzene rings is 1. The molecule has 0 bridgehead atoms. The van der Waals surface area contributed by atoms with Gasteiger partial charge in [-0.25, -0.2) is 8.42 Å². The third-order valence-corrected chi connectivity index (χ3v) is 6.31. The minimum atomic E-state index is -3.52. The van der Waals surface area contributed by atoms with E-state index in [-0.39, 0.29) is 16.4 Å². The van der Waals surface area contributed by atoms with Crippen molar-refractivity contribution in [2.45, 2.75) is 24.7 Å². The highest BCUT2D eigenvalue weighted by Crippen LogP contribution is 2.24. The Balaban J connectivity index is 1.86. The van der Waals surface area contributed by atoms with E-state index in [1.54, 1.807) is 12.1 Å². The fourth-order valence-corrected chi connectivity index (χ4v) is 4.26. The molecule has 0 unspecified atom stereocenters. The molecule has 1 aromatic carbocycles. The van der Waals surface area contributed by atoms with Crippen molar-refractivity contribution in [3.63, 3.8) is 0 Å². The van der Waals surface area contributed by atoms with Crippen molar-refractivity contribution in [2.75, 3.05) is 18.8 Å². The Morgan fingerprint density at radius 3 is 2.32 bits per heavy atom. The molecular formula is C15H20N6O3S. The lowest BCUT2D eigenvalue weighted by molar-refractivity contribution is 0.0996. The van der Waals surface area contributed by atoms with Gasteiger partial charge in [-0.3, -0.25) is 4.79 Å². The Morgan fingerprint density at radius 1 is 1.20 bits per heavy atom. The molecule has 9 nitrogen and oxygen atoms in total. The maximum atomic E-state index is 12.7.